The molecule has 32 heavy (non-hydrogen) atoms. The summed E-state index contributed by atoms with van der Waals surface area (Å²) in [4.78, 5) is 21.6. The van der Waals surface area contributed by atoms with Crippen molar-refractivity contribution in [2.45, 2.75) is 17.9 Å². The second-order valence-electron chi connectivity index (χ2n) is 6.90. The first-order valence-electron chi connectivity index (χ1n) is 9.32. The third-order valence-corrected chi connectivity index (χ3v) is 6.05. The van der Waals surface area contributed by atoms with E-state index < -0.39 is 21.7 Å². The molecule has 0 radical (unpaired) electrons. The minimum absolute atomic E-state index is 0.0336. The van der Waals surface area contributed by atoms with Gasteiger partial charge in [-0.3, -0.25) is 4.79 Å². The zero-order chi connectivity index (χ0) is 22.9. The highest BCUT2D eigenvalue weighted by Crippen LogP contribution is 2.20. The van der Waals surface area contributed by atoms with Crippen LogP contribution in [0.2, 0.25) is 5.02 Å². The van der Waals surface area contributed by atoms with Crippen LogP contribution in [0.5, 0.6) is 0 Å². The highest BCUT2D eigenvalue weighted by Gasteiger charge is 2.25. The molecular formula is C21H17ClN4O5S. The molecule has 4 rings (SSSR count). The number of rotatable bonds is 6. The molecule has 2 aromatic carbocycles. The van der Waals surface area contributed by atoms with Gasteiger partial charge in [0.15, 0.2) is 11.8 Å². The molecule has 0 spiro atoms. The minimum atomic E-state index is -4.08. The van der Waals surface area contributed by atoms with E-state index in [0.717, 1.165) is 5.56 Å². The molecule has 0 aliphatic heterocycles. The molecule has 0 saturated heterocycles. The molecule has 0 aliphatic carbocycles. The number of aromatic nitrogens is 2. The van der Waals surface area contributed by atoms with Gasteiger partial charge >= 0.3 is 0 Å². The minimum Gasteiger partial charge on any atom is -0.466 e. The van der Waals surface area contributed by atoms with E-state index in [1.165, 1.54) is 36.6 Å². The fourth-order valence-electron chi connectivity index (χ4n) is 2.94. The Morgan fingerprint density at radius 2 is 1.97 bits per heavy atom. The first kappa shape index (κ1) is 21.8. The molecule has 0 amide bonds. The Hall–Kier alpha value is -3.47. The topological polar surface area (TPSA) is 138 Å². The van der Waals surface area contributed by atoms with Crippen molar-refractivity contribution >= 4 is 38.4 Å². The van der Waals surface area contributed by atoms with Crippen LogP contribution < -0.4 is 10.4 Å². The number of H-pyrrole nitrogens is 1. The number of benzene rings is 2. The number of nitrogens with one attached hydrogen (secondary N) is 2. The molecule has 2 heterocycles. The fourth-order valence-corrected chi connectivity index (χ4v) is 3.93. The summed E-state index contributed by atoms with van der Waals surface area (Å²) in [5.74, 6) is 0.0516. The summed E-state index contributed by atoms with van der Waals surface area (Å²) in [6, 6.07) is 13.8. The molecule has 4 aromatic rings. The average Bonchev–Trinajstić information content (AvgIpc) is 3.29. The van der Waals surface area contributed by atoms with Gasteiger partial charge in [0.1, 0.15) is 11.5 Å². The quantitative estimate of drug-likeness (QED) is 0.291. The molecule has 1 atom stereocenters. The van der Waals surface area contributed by atoms with Gasteiger partial charge in [-0.2, -0.15) is 18.4 Å². The van der Waals surface area contributed by atoms with Crippen LogP contribution in [0, 0.1) is 6.92 Å². The van der Waals surface area contributed by atoms with Gasteiger partial charge in [-0.1, -0.05) is 29.3 Å². The van der Waals surface area contributed by atoms with Gasteiger partial charge in [0.25, 0.3) is 15.6 Å². The lowest BCUT2D eigenvalue weighted by Gasteiger charge is -2.12. The second-order valence-corrected chi connectivity index (χ2v) is 9.00. The number of sulfonamides is 1. The molecule has 0 saturated carbocycles. The van der Waals surface area contributed by atoms with Gasteiger partial charge in [0, 0.05) is 5.02 Å². The largest absolute Gasteiger partial charge is 0.466 e. The van der Waals surface area contributed by atoms with E-state index in [2.05, 4.69) is 19.9 Å². The van der Waals surface area contributed by atoms with Crippen LogP contribution in [0.4, 0.5) is 0 Å². The summed E-state index contributed by atoms with van der Waals surface area (Å²) >= 11 is 5.96. The molecule has 3 N–H and O–H groups in total. The lowest BCUT2D eigenvalue weighted by Crippen LogP contribution is -2.29. The first-order chi connectivity index (χ1) is 15.2. The maximum absolute atomic E-state index is 12.7. The third-order valence-electron chi connectivity index (χ3n) is 4.59. The summed E-state index contributed by atoms with van der Waals surface area (Å²) in [6.45, 7) is 1.82. The number of aliphatic hydroxyl groups excluding tert-OH is 1. The maximum Gasteiger partial charge on any atom is 0.276 e. The van der Waals surface area contributed by atoms with Crippen LogP contribution in [0.1, 0.15) is 23.1 Å². The summed E-state index contributed by atoms with van der Waals surface area (Å²) in [6.07, 6.45) is -0.240. The van der Waals surface area contributed by atoms with Crippen LogP contribution in [0.15, 0.2) is 80.1 Å². The van der Waals surface area contributed by atoms with Crippen LogP contribution >= 0.6 is 11.6 Å². The van der Waals surface area contributed by atoms with Crippen LogP contribution in [-0.4, -0.2) is 29.2 Å². The van der Waals surface area contributed by atoms with Crippen molar-refractivity contribution in [3.63, 3.8) is 0 Å². The zero-order valence-corrected chi connectivity index (χ0v) is 18.2. The zero-order valence-electron chi connectivity index (χ0n) is 16.6. The van der Waals surface area contributed by atoms with Crippen molar-refractivity contribution in [2.75, 3.05) is 0 Å². The molecule has 9 nitrogen and oxygen atoms in total. The number of fused-ring (bicyclic) bond motifs is 1. The van der Waals surface area contributed by atoms with Gasteiger partial charge < -0.3 is 14.5 Å². The molecule has 164 valence electrons. The Balaban J connectivity index is 1.82. The Kier molecular flexibility index (Phi) is 5.83. The molecular weight excluding hydrogens is 456 g/mol. The van der Waals surface area contributed by atoms with Crippen molar-refractivity contribution < 1.29 is 17.9 Å². The SMILES string of the molecule is Cc1ccc(S(=O)(=O)NN=C(c2nc3ccc(Cl)cc3[nH]c2=O)C(O)c2ccco2)cc1. The van der Waals surface area contributed by atoms with E-state index in [-0.39, 0.29) is 22.1 Å². The number of hydrogen-bond donors (Lipinski definition) is 3. The number of hydrogen-bond acceptors (Lipinski definition) is 7. The van der Waals surface area contributed by atoms with Gasteiger partial charge in [0.05, 0.1) is 22.2 Å². The third kappa shape index (κ3) is 4.42. The van der Waals surface area contributed by atoms with E-state index in [9.17, 15) is 18.3 Å². The Bertz CT molecular complexity index is 1460. The van der Waals surface area contributed by atoms with Crippen molar-refractivity contribution in [2.24, 2.45) is 5.10 Å². The number of nitrogens with zero attached hydrogens (tertiary/aromatic N) is 2. The predicted molar refractivity (Wildman–Crippen MR) is 119 cm³/mol. The lowest BCUT2D eigenvalue weighted by atomic mass is 10.1. The highest BCUT2D eigenvalue weighted by molar-refractivity contribution is 7.89. The number of aliphatic hydroxyl groups is 1. The van der Waals surface area contributed by atoms with E-state index in [1.807, 2.05) is 6.92 Å². The summed E-state index contributed by atoms with van der Waals surface area (Å²) < 4.78 is 30.6. The van der Waals surface area contributed by atoms with Gasteiger partial charge in [-0.25, -0.2) is 4.98 Å². The Labute approximate surface area is 187 Å². The molecule has 0 aliphatic rings. The number of aromatic amines is 1. The van der Waals surface area contributed by atoms with Gasteiger partial charge in [0.2, 0.25) is 0 Å². The van der Waals surface area contributed by atoms with Crippen LogP contribution in [0.3, 0.4) is 0 Å². The van der Waals surface area contributed by atoms with Crippen LogP contribution in [-0.2, 0) is 10.0 Å². The van der Waals surface area contributed by atoms with E-state index >= 15 is 0 Å². The van der Waals surface area contributed by atoms with Gasteiger partial charge in [-0.15, -0.1) is 0 Å². The molecule has 11 heteroatoms. The van der Waals surface area contributed by atoms with Gasteiger partial charge in [-0.05, 0) is 49.4 Å². The smallest absolute Gasteiger partial charge is 0.276 e. The van der Waals surface area contributed by atoms with Crippen molar-refractivity contribution in [3.8, 4) is 0 Å². The molecule has 0 bridgehead atoms. The second kappa shape index (κ2) is 8.58. The van der Waals surface area contributed by atoms with Crippen LogP contribution in [0.25, 0.3) is 11.0 Å². The predicted octanol–water partition coefficient (Wildman–Crippen LogP) is 2.89. The summed E-state index contributed by atoms with van der Waals surface area (Å²) in [5, 5.41) is 15.1. The first-order valence-corrected chi connectivity index (χ1v) is 11.2. The van der Waals surface area contributed by atoms with E-state index in [1.54, 1.807) is 24.3 Å². The van der Waals surface area contributed by atoms with E-state index in [0.29, 0.717) is 16.1 Å². The lowest BCUT2D eigenvalue weighted by molar-refractivity contribution is 0.214. The number of aryl methyl sites for hydroxylation is 1. The summed E-state index contributed by atoms with van der Waals surface area (Å²) in [5.41, 5.74) is 0.305. The molecule has 2 aromatic heterocycles. The average molecular weight is 473 g/mol. The molecule has 0 fully saturated rings. The number of furan rings is 1. The van der Waals surface area contributed by atoms with E-state index in [4.69, 9.17) is 16.0 Å². The van der Waals surface area contributed by atoms with Crippen molar-refractivity contribution in [1.29, 1.82) is 0 Å². The summed E-state index contributed by atoms with van der Waals surface area (Å²) in [7, 11) is -4.08. The number of halogens is 1. The maximum atomic E-state index is 12.7. The Morgan fingerprint density at radius 1 is 1.22 bits per heavy atom. The normalized spacial score (nSPS) is 13.3. The van der Waals surface area contributed by atoms with Crippen molar-refractivity contribution in [1.82, 2.24) is 14.8 Å². The highest BCUT2D eigenvalue weighted by atomic mass is 35.5. The fraction of sp³-hybridized carbons (Fsp3) is 0.0952. The monoisotopic (exact) mass is 472 g/mol. The number of hydrazone groups is 1. The van der Waals surface area contributed by atoms with Crippen molar-refractivity contribution in [3.05, 3.63) is 93.3 Å². The molecule has 1 unspecified atom stereocenters. The standard InChI is InChI=1S/C21H17ClN4O5S/c1-12-4-7-14(8-5-12)32(29,30)26-25-18(20(27)17-3-2-10-31-17)19-21(28)24-16-11-13(22)6-9-15(16)23-19/h2-11,20,26-27H,1H3,(H,24,28). The Morgan fingerprint density at radius 3 is 2.66 bits per heavy atom.